The van der Waals surface area contributed by atoms with Crippen LogP contribution in [0.25, 0.3) is 0 Å². The number of anilines is 2. The summed E-state index contributed by atoms with van der Waals surface area (Å²) >= 11 is 0. The van der Waals surface area contributed by atoms with E-state index in [9.17, 15) is 0 Å². The molecule has 6 nitrogen and oxygen atoms in total. The van der Waals surface area contributed by atoms with Crippen LogP contribution in [0.5, 0.6) is 0 Å². The van der Waals surface area contributed by atoms with E-state index in [-0.39, 0.29) is 6.61 Å². The van der Waals surface area contributed by atoms with E-state index in [2.05, 4.69) is 25.5 Å². The van der Waals surface area contributed by atoms with Crippen molar-refractivity contribution in [3.63, 3.8) is 0 Å². The van der Waals surface area contributed by atoms with Gasteiger partial charge in [0.2, 0.25) is 5.95 Å². The summed E-state index contributed by atoms with van der Waals surface area (Å²) in [5.41, 5.74) is 1.52. The molecule has 0 radical (unpaired) electrons. The second-order valence-electron chi connectivity index (χ2n) is 3.09. The number of aliphatic hydroxyl groups excluding tert-OH is 1. The zero-order valence-corrected chi connectivity index (χ0v) is 8.23. The van der Waals surface area contributed by atoms with Gasteiger partial charge in [0.1, 0.15) is 0 Å². The Labute approximate surface area is 86.4 Å². The summed E-state index contributed by atoms with van der Waals surface area (Å²) < 4.78 is 0. The lowest BCUT2D eigenvalue weighted by Crippen LogP contribution is -1.99. The van der Waals surface area contributed by atoms with Gasteiger partial charge in [0, 0.05) is 18.0 Å². The molecular weight excluding hydrogens is 194 g/mol. The molecule has 0 saturated carbocycles. The van der Waals surface area contributed by atoms with E-state index in [1.165, 1.54) is 0 Å². The van der Waals surface area contributed by atoms with E-state index < -0.39 is 0 Å². The van der Waals surface area contributed by atoms with Crippen LogP contribution in [0.3, 0.4) is 0 Å². The van der Waals surface area contributed by atoms with Crippen LogP contribution in [-0.2, 0) is 6.61 Å². The number of H-pyrrole nitrogens is 1. The molecule has 0 amide bonds. The lowest BCUT2D eigenvalue weighted by Gasteiger charge is -2.01. The van der Waals surface area contributed by atoms with E-state index in [0.29, 0.717) is 17.5 Å². The summed E-state index contributed by atoms with van der Waals surface area (Å²) in [4.78, 5) is 8.07. The van der Waals surface area contributed by atoms with Crippen LogP contribution in [0, 0.1) is 6.92 Å². The first-order chi connectivity index (χ1) is 7.28. The van der Waals surface area contributed by atoms with Gasteiger partial charge >= 0.3 is 0 Å². The Morgan fingerprint density at radius 1 is 1.53 bits per heavy atom. The molecule has 0 aliphatic rings. The predicted octanol–water partition coefficient (Wildman–Crippen LogP) is 0.744. The molecule has 0 atom stereocenters. The normalized spacial score (nSPS) is 10.3. The van der Waals surface area contributed by atoms with Gasteiger partial charge in [-0.05, 0) is 13.0 Å². The zero-order valence-electron chi connectivity index (χ0n) is 8.23. The van der Waals surface area contributed by atoms with E-state index >= 15 is 0 Å². The maximum atomic E-state index is 8.89. The van der Waals surface area contributed by atoms with Crippen molar-refractivity contribution in [3.8, 4) is 0 Å². The van der Waals surface area contributed by atoms with Gasteiger partial charge in [0.15, 0.2) is 5.82 Å². The average molecular weight is 205 g/mol. The van der Waals surface area contributed by atoms with Crippen LogP contribution >= 0.6 is 0 Å². The lowest BCUT2D eigenvalue weighted by molar-refractivity contribution is 0.277. The second kappa shape index (κ2) is 4.05. The molecular formula is C9H11N5O. The van der Waals surface area contributed by atoms with Gasteiger partial charge < -0.3 is 10.4 Å². The average Bonchev–Trinajstić information content (AvgIpc) is 2.64. The third-order valence-corrected chi connectivity index (χ3v) is 1.82. The van der Waals surface area contributed by atoms with E-state index in [0.717, 1.165) is 5.69 Å². The fourth-order valence-corrected chi connectivity index (χ4v) is 1.14. The number of aromatic nitrogens is 4. The fourth-order valence-electron chi connectivity index (χ4n) is 1.14. The van der Waals surface area contributed by atoms with E-state index in [1.807, 2.05) is 13.0 Å². The Kier molecular flexibility index (Phi) is 2.59. The van der Waals surface area contributed by atoms with Gasteiger partial charge in [-0.3, -0.25) is 5.10 Å². The minimum Gasteiger partial charge on any atom is -0.390 e. The molecule has 0 bridgehead atoms. The summed E-state index contributed by atoms with van der Waals surface area (Å²) in [7, 11) is 0. The minimum absolute atomic E-state index is 0.100. The van der Waals surface area contributed by atoms with Crippen molar-refractivity contribution in [2.45, 2.75) is 13.5 Å². The third kappa shape index (κ3) is 2.29. The van der Waals surface area contributed by atoms with Crippen molar-refractivity contribution in [1.82, 2.24) is 20.2 Å². The van der Waals surface area contributed by atoms with Gasteiger partial charge in [-0.1, -0.05) is 0 Å². The first kappa shape index (κ1) is 9.60. The highest BCUT2D eigenvalue weighted by atomic mass is 16.3. The highest BCUT2D eigenvalue weighted by Crippen LogP contribution is 2.10. The van der Waals surface area contributed by atoms with Crippen LogP contribution in [0.1, 0.15) is 11.4 Å². The number of nitrogens with one attached hydrogen (secondary N) is 2. The third-order valence-electron chi connectivity index (χ3n) is 1.82. The van der Waals surface area contributed by atoms with Crippen LogP contribution in [0.15, 0.2) is 18.3 Å². The van der Waals surface area contributed by atoms with Gasteiger partial charge in [-0.25, -0.2) is 9.97 Å². The lowest BCUT2D eigenvalue weighted by atomic mass is 10.4. The zero-order chi connectivity index (χ0) is 10.7. The summed E-state index contributed by atoms with van der Waals surface area (Å²) in [5.74, 6) is 1.08. The summed E-state index contributed by atoms with van der Waals surface area (Å²) in [5, 5.41) is 18.6. The minimum atomic E-state index is -0.100. The molecule has 2 heterocycles. The second-order valence-corrected chi connectivity index (χ2v) is 3.09. The molecule has 2 aromatic rings. The molecule has 78 valence electrons. The highest BCUT2D eigenvalue weighted by molar-refractivity contribution is 5.47. The fraction of sp³-hybridized carbons (Fsp3) is 0.222. The Hall–Kier alpha value is -1.95. The smallest absolute Gasteiger partial charge is 0.228 e. The summed E-state index contributed by atoms with van der Waals surface area (Å²) in [6.07, 6.45) is 1.58. The first-order valence-corrected chi connectivity index (χ1v) is 4.50. The quantitative estimate of drug-likeness (QED) is 0.688. The number of aromatic amines is 1. The number of hydrogen-bond acceptors (Lipinski definition) is 5. The molecule has 0 spiro atoms. The summed E-state index contributed by atoms with van der Waals surface area (Å²) in [6, 6.07) is 3.50. The first-order valence-electron chi connectivity index (χ1n) is 4.50. The van der Waals surface area contributed by atoms with E-state index in [1.54, 1.807) is 12.3 Å². The van der Waals surface area contributed by atoms with Gasteiger partial charge in [0.25, 0.3) is 0 Å². The van der Waals surface area contributed by atoms with Crippen molar-refractivity contribution >= 4 is 11.8 Å². The molecule has 0 aromatic carbocycles. The Bertz CT molecular complexity index is 453. The molecule has 0 aliphatic heterocycles. The highest BCUT2D eigenvalue weighted by Gasteiger charge is 2.01. The number of nitrogens with zero attached hydrogens (tertiary/aromatic N) is 3. The maximum absolute atomic E-state index is 8.89. The molecule has 0 aliphatic carbocycles. The molecule has 2 aromatic heterocycles. The van der Waals surface area contributed by atoms with E-state index in [4.69, 9.17) is 5.11 Å². The van der Waals surface area contributed by atoms with Crippen molar-refractivity contribution in [3.05, 3.63) is 29.7 Å². The molecule has 0 unspecified atom stereocenters. The molecule has 2 rings (SSSR count). The number of aryl methyl sites for hydroxylation is 1. The van der Waals surface area contributed by atoms with Crippen molar-refractivity contribution in [1.29, 1.82) is 0 Å². The SMILES string of the molecule is Cc1cc(Nc2nccc(CO)n2)n[nH]1. The molecule has 6 heteroatoms. The van der Waals surface area contributed by atoms with Gasteiger partial charge in [-0.2, -0.15) is 5.10 Å². The maximum Gasteiger partial charge on any atom is 0.228 e. The number of hydrogen-bond donors (Lipinski definition) is 3. The molecule has 3 N–H and O–H groups in total. The van der Waals surface area contributed by atoms with Crippen LogP contribution in [0.4, 0.5) is 11.8 Å². The standard InChI is InChI=1S/C9H11N5O/c1-6-4-8(14-13-6)12-9-10-3-2-7(5-15)11-9/h2-4,15H,5H2,1H3,(H2,10,11,12,13,14). The number of rotatable bonds is 3. The Morgan fingerprint density at radius 3 is 3.07 bits per heavy atom. The Balaban J connectivity index is 2.16. The van der Waals surface area contributed by atoms with Crippen LogP contribution in [-0.4, -0.2) is 25.3 Å². The van der Waals surface area contributed by atoms with Crippen LogP contribution in [0.2, 0.25) is 0 Å². The van der Waals surface area contributed by atoms with Crippen LogP contribution < -0.4 is 5.32 Å². The molecule has 0 saturated heterocycles. The summed E-state index contributed by atoms with van der Waals surface area (Å²) in [6.45, 7) is 1.81. The topological polar surface area (TPSA) is 86.7 Å². The number of aliphatic hydroxyl groups is 1. The Morgan fingerprint density at radius 2 is 2.40 bits per heavy atom. The monoisotopic (exact) mass is 205 g/mol. The van der Waals surface area contributed by atoms with Gasteiger partial charge in [0.05, 0.1) is 12.3 Å². The molecule has 15 heavy (non-hydrogen) atoms. The molecule has 0 fully saturated rings. The van der Waals surface area contributed by atoms with Crippen molar-refractivity contribution < 1.29 is 5.11 Å². The van der Waals surface area contributed by atoms with Crippen molar-refractivity contribution in [2.24, 2.45) is 0 Å². The van der Waals surface area contributed by atoms with Gasteiger partial charge in [-0.15, -0.1) is 0 Å². The predicted molar refractivity (Wildman–Crippen MR) is 54.6 cm³/mol. The van der Waals surface area contributed by atoms with Crippen molar-refractivity contribution in [2.75, 3.05) is 5.32 Å². The largest absolute Gasteiger partial charge is 0.390 e.